The Morgan fingerprint density at radius 2 is 2.10 bits per heavy atom. The molecule has 2 heterocycles. The molecule has 1 aliphatic rings. The molecule has 0 unspecified atom stereocenters. The molecule has 110 valence electrons. The number of carboxylic acids is 1. The van der Waals surface area contributed by atoms with Gasteiger partial charge in [-0.15, -0.1) is 0 Å². The fourth-order valence-corrected chi connectivity index (χ4v) is 2.58. The van der Waals surface area contributed by atoms with E-state index in [0.717, 1.165) is 31.5 Å². The number of hydrogen-bond acceptors (Lipinski definition) is 4. The lowest BCUT2D eigenvalue weighted by molar-refractivity contribution is -0.125. The molecule has 1 amide bonds. The Bertz CT molecular complexity index is 501. The molecule has 0 saturated carbocycles. The monoisotopic (exact) mass is 280 g/mol. The number of carbonyl (C=O) groups is 2. The van der Waals surface area contributed by atoms with Crippen molar-refractivity contribution in [1.29, 1.82) is 0 Å². The van der Waals surface area contributed by atoms with Crippen LogP contribution in [-0.4, -0.2) is 42.0 Å². The van der Waals surface area contributed by atoms with E-state index >= 15 is 0 Å². The predicted octanol–water partition coefficient (Wildman–Crippen LogP) is 1.24. The third kappa shape index (κ3) is 3.19. The van der Waals surface area contributed by atoms with Gasteiger partial charge in [0.1, 0.15) is 5.76 Å². The second-order valence-electron chi connectivity index (χ2n) is 5.16. The van der Waals surface area contributed by atoms with E-state index in [1.54, 1.807) is 20.0 Å². The molecule has 0 spiro atoms. The number of amides is 1. The Morgan fingerprint density at radius 3 is 2.60 bits per heavy atom. The molecule has 1 fully saturated rings. The average molecular weight is 280 g/mol. The summed E-state index contributed by atoms with van der Waals surface area (Å²) in [5.41, 5.74) is 0.904. The molecule has 1 aromatic rings. The van der Waals surface area contributed by atoms with E-state index in [1.807, 2.05) is 0 Å². The molecule has 6 heteroatoms. The summed E-state index contributed by atoms with van der Waals surface area (Å²) in [5.74, 6) is -0.208. The topological polar surface area (TPSA) is 82.8 Å². The maximum absolute atomic E-state index is 11.6. The smallest absolute Gasteiger partial charge is 0.371 e. The molecule has 20 heavy (non-hydrogen) atoms. The second-order valence-corrected chi connectivity index (χ2v) is 5.16. The third-order valence-electron chi connectivity index (χ3n) is 3.83. The Balaban J connectivity index is 1.92. The summed E-state index contributed by atoms with van der Waals surface area (Å²) in [6.45, 7) is 4.12. The Labute approximate surface area is 117 Å². The highest BCUT2D eigenvalue weighted by Crippen LogP contribution is 2.22. The van der Waals surface area contributed by atoms with E-state index in [0.29, 0.717) is 12.3 Å². The van der Waals surface area contributed by atoms with Crippen molar-refractivity contribution in [2.45, 2.75) is 26.3 Å². The van der Waals surface area contributed by atoms with Gasteiger partial charge < -0.3 is 14.8 Å². The minimum absolute atomic E-state index is 0.0160. The van der Waals surface area contributed by atoms with Crippen molar-refractivity contribution in [2.24, 2.45) is 5.92 Å². The fourth-order valence-electron chi connectivity index (χ4n) is 2.58. The number of piperidine rings is 1. The highest BCUT2D eigenvalue weighted by Gasteiger charge is 2.25. The Morgan fingerprint density at radius 1 is 1.45 bits per heavy atom. The summed E-state index contributed by atoms with van der Waals surface area (Å²) in [4.78, 5) is 24.6. The molecule has 0 radical (unpaired) electrons. The van der Waals surface area contributed by atoms with Crippen LogP contribution in [0.5, 0.6) is 0 Å². The first-order valence-electron chi connectivity index (χ1n) is 6.77. The van der Waals surface area contributed by atoms with Crippen LogP contribution in [0.1, 0.15) is 34.7 Å². The zero-order chi connectivity index (χ0) is 14.7. The maximum atomic E-state index is 11.6. The van der Waals surface area contributed by atoms with Crippen LogP contribution in [0.4, 0.5) is 0 Å². The molecule has 0 atom stereocenters. The summed E-state index contributed by atoms with van der Waals surface area (Å²) >= 11 is 0. The number of rotatable bonds is 4. The summed E-state index contributed by atoms with van der Waals surface area (Å²) in [5, 5.41) is 11.6. The molecular formula is C14H20N2O4. The molecular weight excluding hydrogens is 260 g/mol. The van der Waals surface area contributed by atoms with Gasteiger partial charge in [-0.25, -0.2) is 4.79 Å². The first-order chi connectivity index (χ1) is 9.51. The number of carbonyl (C=O) groups excluding carboxylic acids is 1. The van der Waals surface area contributed by atoms with Gasteiger partial charge in [-0.1, -0.05) is 0 Å². The Kier molecular flexibility index (Phi) is 4.44. The van der Waals surface area contributed by atoms with Crippen molar-refractivity contribution in [1.82, 2.24) is 10.2 Å². The number of hydrogen-bond donors (Lipinski definition) is 2. The minimum atomic E-state index is -1.04. The van der Waals surface area contributed by atoms with Crippen LogP contribution in [0.25, 0.3) is 0 Å². The van der Waals surface area contributed by atoms with Crippen LogP contribution in [0.2, 0.25) is 0 Å². The molecule has 2 rings (SSSR count). The second kappa shape index (κ2) is 6.09. The van der Waals surface area contributed by atoms with Crippen molar-refractivity contribution >= 4 is 11.9 Å². The molecule has 0 bridgehead atoms. The lowest BCUT2D eigenvalue weighted by atomic mass is 9.95. The van der Waals surface area contributed by atoms with Gasteiger partial charge in [0.25, 0.3) is 0 Å². The van der Waals surface area contributed by atoms with Gasteiger partial charge in [0, 0.05) is 25.1 Å². The number of furan rings is 1. The fraction of sp³-hybridized carbons (Fsp3) is 0.571. The highest BCUT2D eigenvalue weighted by molar-refractivity contribution is 5.84. The summed E-state index contributed by atoms with van der Waals surface area (Å²) in [6, 6.07) is 1.59. The van der Waals surface area contributed by atoms with Gasteiger partial charge in [-0.2, -0.15) is 0 Å². The SMILES string of the molecule is CNC(=O)C1CCN(Cc2cc(C(=O)O)oc2C)CC1. The van der Waals surface area contributed by atoms with E-state index < -0.39 is 5.97 Å². The quantitative estimate of drug-likeness (QED) is 0.867. The molecule has 0 aromatic carbocycles. The van der Waals surface area contributed by atoms with E-state index in [9.17, 15) is 9.59 Å². The largest absolute Gasteiger partial charge is 0.475 e. The average Bonchev–Trinajstić information content (AvgIpc) is 2.80. The van der Waals surface area contributed by atoms with Crippen molar-refractivity contribution in [3.8, 4) is 0 Å². The first kappa shape index (κ1) is 14.6. The van der Waals surface area contributed by atoms with Gasteiger partial charge in [-0.3, -0.25) is 9.69 Å². The zero-order valence-corrected chi connectivity index (χ0v) is 11.8. The van der Waals surface area contributed by atoms with Crippen molar-refractivity contribution in [3.05, 3.63) is 23.2 Å². The number of aromatic carboxylic acids is 1. The Hall–Kier alpha value is -1.82. The van der Waals surface area contributed by atoms with Gasteiger partial charge in [0.05, 0.1) is 0 Å². The molecule has 1 aromatic heterocycles. The van der Waals surface area contributed by atoms with Crippen LogP contribution in [-0.2, 0) is 11.3 Å². The van der Waals surface area contributed by atoms with Crippen LogP contribution in [0, 0.1) is 12.8 Å². The third-order valence-corrected chi connectivity index (χ3v) is 3.83. The summed E-state index contributed by atoms with van der Waals surface area (Å²) in [7, 11) is 1.66. The minimum Gasteiger partial charge on any atom is -0.475 e. The van der Waals surface area contributed by atoms with Crippen LogP contribution in [0.3, 0.4) is 0 Å². The number of nitrogens with one attached hydrogen (secondary N) is 1. The molecule has 0 aliphatic carbocycles. The van der Waals surface area contributed by atoms with Crippen molar-refractivity contribution < 1.29 is 19.1 Å². The lowest BCUT2D eigenvalue weighted by Gasteiger charge is -2.30. The van der Waals surface area contributed by atoms with Gasteiger partial charge >= 0.3 is 5.97 Å². The van der Waals surface area contributed by atoms with Crippen LogP contribution < -0.4 is 5.32 Å². The van der Waals surface area contributed by atoms with E-state index in [1.165, 1.54) is 0 Å². The number of likely N-dealkylation sites (tertiary alicyclic amines) is 1. The van der Waals surface area contributed by atoms with Crippen LogP contribution in [0.15, 0.2) is 10.5 Å². The number of nitrogens with zero attached hydrogens (tertiary/aromatic N) is 1. The molecule has 6 nitrogen and oxygen atoms in total. The van der Waals surface area contributed by atoms with E-state index in [-0.39, 0.29) is 17.6 Å². The lowest BCUT2D eigenvalue weighted by Crippen LogP contribution is -2.39. The predicted molar refractivity (Wildman–Crippen MR) is 72.5 cm³/mol. The molecule has 1 aliphatic heterocycles. The standard InChI is InChI=1S/C14H20N2O4/c1-9-11(7-12(20-9)14(18)19)8-16-5-3-10(4-6-16)13(17)15-2/h7,10H,3-6,8H2,1-2H3,(H,15,17)(H,18,19). The van der Waals surface area contributed by atoms with Crippen LogP contribution >= 0.6 is 0 Å². The van der Waals surface area contributed by atoms with Crippen molar-refractivity contribution in [3.63, 3.8) is 0 Å². The molecule has 2 N–H and O–H groups in total. The normalized spacial score (nSPS) is 17.1. The summed E-state index contributed by atoms with van der Waals surface area (Å²) in [6.07, 6.45) is 1.67. The number of aryl methyl sites for hydroxylation is 1. The van der Waals surface area contributed by atoms with Crippen molar-refractivity contribution in [2.75, 3.05) is 20.1 Å². The van der Waals surface area contributed by atoms with Gasteiger partial charge in [0.2, 0.25) is 11.7 Å². The number of carboxylic acid groups (broad SMARTS) is 1. The summed E-state index contributed by atoms with van der Waals surface area (Å²) < 4.78 is 5.20. The van der Waals surface area contributed by atoms with E-state index in [2.05, 4.69) is 10.2 Å². The highest BCUT2D eigenvalue weighted by atomic mass is 16.4. The van der Waals surface area contributed by atoms with E-state index in [4.69, 9.17) is 9.52 Å². The van der Waals surface area contributed by atoms with Gasteiger partial charge in [0.15, 0.2) is 0 Å². The first-order valence-corrected chi connectivity index (χ1v) is 6.77. The molecule has 1 saturated heterocycles. The zero-order valence-electron chi connectivity index (χ0n) is 11.8. The van der Waals surface area contributed by atoms with Gasteiger partial charge in [-0.05, 0) is 38.9 Å². The maximum Gasteiger partial charge on any atom is 0.371 e.